The van der Waals surface area contributed by atoms with Crippen LogP contribution in [0.5, 0.6) is 0 Å². The van der Waals surface area contributed by atoms with Crippen molar-refractivity contribution in [1.29, 1.82) is 0 Å². The highest BCUT2D eigenvalue weighted by atomic mass is 35.5. The molecular weight excluding hydrogens is 338 g/mol. The van der Waals surface area contributed by atoms with Gasteiger partial charge in [0.2, 0.25) is 5.91 Å². The molecule has 7 heteroatoms. The van der Waals surface area contributed by atoms with E-state index in [0.717, 1.165) is 28.3 Å². The lowest BCUT2D eigenvalue weighted by atomic mass is 10.2. The van der Waals surface area contributed by atoms with Crippen molar-refractivity contribution in [2.45, 2.75) is 33.9 Å². The number of rotatable bonds is 5. The van der Waals surface area contributed by atoms with Crippen molar-refractivity contribution in [3.8, 4) is 0 Å². The average Bonchev–Trinajstić information content (AvgIpc) is 3.08. The average molecular weight is 358 g/mol. The summed E-state index contributed by atoms with van der Waals surface area (Å²) < 4.78 is 3.47. The third-order valence-corrected chi connectivity index (χ3v) is 4.37. The van der Waals surface area contributed by atoms with Gasteiger partial charge in [0.15, 0.2) is 0 Å². The van der Waals surface area contributed by atoms with E-state index >= 15 is 0 Å². The lowest BCUT2D eigenvalue weighted by Gasteiger charge is -2.08. The van der Waals surface area contributed by atoms with Crippen molar-refractivity contribution in [2.75, 3.05) is 5.32 Å². The number of nitrogens with one attached hydrogen (secondary N) is 1. The van der Waals surface area contributed by atoms with Gasteiger partial charge in [-0.3, -0.25) is 14.2 Å². The second-order valence-electron chi connectivity index (χ2n) is 6.00. The van der Waals surface area contributed by atoms with Crippen LogP contribution < -0.4 is 5.32 Å². The molecule has 0 aliphatic carbocycles. The number of halogens is 1. The number of hydrogen-bond donors (Lipinski definition) is 1. The Morgan fingerprint density at radius 1 is 1.16 bits per heavy atom. The van der Waals surface area contributed by atoms with E-state index in [-0.39, 0.29) is 12.5 Å². The summed E-state index contributed by atoms with van der Waals surface area (Å²) in [6.45, 7) is 6.43. The Balaban J connectivity index is 1.75. The summed E-state index contributed by atoms with van der Waals surface area (Å²) in [6.07, 6.45) is 1.79. The zero-order chi connectivity index (χ0) is 18.0. The first kappa shape index (κ1) is 17.2. The molecule has 1 aromatic carbocycles. The number of amides is 1. The van der Waals surface area contributed by atoms with Gasteiger partial charge >= 0.3 is 0 Å². The molecule has 25 heavy (non-hydrogen) atoms. The molecule has 0 saturated carbocycles. The van der Waals surface area contributed by atoms with Gasteiger partial charge in [0.25, 0.3) is 0 Å². The number of benzene rings is 1. The smallest absolute Gasteiger partial charge is 0.246 e. The van der Waals surface area contributed by atoms with Crippen LogP contribution in [-0.2, 0) is 17.9 Å². The molecule has 3 rings (SSSR count). The molecule has 2 heterocycles. The molecule has 0 aliphatic heterocycles. The van der Waals surface area contributed by atoms with E-state index in [1.54, 1.807) is 10.9 Å². The molecule has 1 amide bonds. The Labute approximate surface area is 151 Å². The number of anilines is 1. The molecule has 0 fully saturated rings. The Hall–Kier alpha value is -2.60. The fourth-order valence-electron chi connectivity index (χ4n) is 2.70. The van der Waals surface area contributed by atoms with Gasteiger partial charge in [0.05, 0.1) is 29.3 Å². The van der Waals surface area contributed by atoms with Crippen molar-refractivity contribution in [3.05, 3.63) is 64.2 Å². The zero-order valence-corrected chi connectivity index (χ0v) is 15.2. The lowest BCUT2D eigenvalue weighted by Crippen LogP contribution is -2.20. The Bertz CT molecular complexity index is 912. The fourth-order valence-corrected chi connectivity index (χ4v) is 2.89. The normalized spacial score (nSPS) is 10.9. The molecule has 1 N–H and O–H groups in total. The molecule has 0 unspecified atom stereocenters. The fraction of sp³-hybridized carbons (Fsp3) is 0.278. The summed E-state index contributed by atoms with van der Waals surface area (Å²) in [6, 6.07) is 9.54. The number of hydrogen-bond acceptors (Lipinski definition) is 3. The number of carbonyl (C=O) groups excluding carboxylic acids is 1. The zero-order valence-electron chi connectivity index (χ0n) is 14.5. The van der Waals surface area contributed by atoms with Gasteiger partial charge in [0.1, 0.15) is 6.54 Å². The molecule has 6 nitrogen and oxygen atoms in total. The second kappa shape index (κ2) is 7.11. The highest BCUT2D eigenvalue weighted by Crippen LogP contribution is 2.22. The molecule has 0 atom stereocenters. The summed E-state index contributed by atoms with van der Waals surface area (Å²) in [5, 5.41) is 12.4. The van der Waals surface area contributed by atoms with Gasteiger partial charge in [0, 0.05) is 11.2 Å². The van der Waals surface area contributed by atoms with Gasteiger partial charge in [-0.1, -0.05) is 29.8 Å². The standard InChI is InChI=1S/C18H20ClN5O/c1-12-8-9-23(21-12)11-17(25)20-18-13(2)22-24(14(18)3)10-15-6-4-5-7-16(15)19/h4-9H,10-11H2,1-3H3,(H,20,25). The van der Waals surface area contributed by atoms with E-state index in [1.165, 1.54) is 0 Å². The first-order chi connectivity index (χ1) is 11.9. The van der Waals surface area contributed by atoms with E-state index in [9.17, 15) is 4.79 Å². The maximum atomic E-state index is 12.3. The van der Waals surface area contributed by atoms with Crippen molar-refractivity contribution >= 4 is 23.2 Å². The first-order valence-electron chi connectivity index (χ1n) is 8.01. The van der Waals surface area contributed by atoms with E-state index in [2.05, 4.69) is 15.5 Å². The summed E-state index contributed by atoms with van der Waals surface area (Å²) in [7, 11) is 0. The number of carbonyl (C=O) groups is 1. The molecule has 0 radical (unpaired) electrons. The van der Waals surface area contributed by atoms with Crippen molar-refractivity contribution < 1.29 is 4.79 Å². The minimum atomic E-state index is -0.133. The summed E-state index contributed by atoms with van der Waals surface area (Å²) >= 11 is 6.23. The van der Waals surface area contributed by atoms with Crippen LogP contribution in [0.15, 0.2) is 36.5 Å². The van der Waals surface area contributed by atoms with Gasteiger partial charge in [-0.05, 0) is 38.5 Å². The van der Waals surface area contributed by atoms with E-state index < -0.39 is 0 Å². The quantitative estimate of drug-likeness (QED) is 0.761. The van der Waals surface area contributed by atoms with Crippen LogP contribution in [0.1, 0.15) is 22.6 Å². The third-order valence-electron chi connectivity index (χ3n) is 4.00. The molecule has 3 aromatic rings. The van der Waals surface area contributed by atoms with E-state index in [4.69, 9.17) is 11.6 Å². The molecule has 2 aromatic heterocycles. The van der Waals surface area contributed by atoms with Gasteiger partial charge in [-0.2, -0.15) is 10.2 Å². The molecular formula is C18H20ClN5O. The van der Waals surface area contributed by atoms with Crippen molar-refractivity contribution in [1.82, 2.24) is 19.6 Å². The lowest BCUT2D eigenvalue weighted by molar-refractivity contribution is -0.116. The Morgan fingerprint density at radius 2 is 1.92 bits per heavy atom. The predicted molar refractivity (Wildman–Crippen MR) is 97.8 cm³/mol. The van der Waals surface area contributed by atoms with Crippen LogP contribution in [0.4, 0.5) is 5.69 Å². The summed E-state index contributed by atoms with van der Waals surface area (Å²) in [4.78, 5) is 12.3. The van der Waals surface area contributed by atoms with Crippen LogP contribution in [-0.4, -0.2) is 25.5 Å². The highest BCUT2D eigenvalue weighted by molar-refractivity contribution is 6.31. The Kier molecular flexibility index (Phi) is 4.90. The highest BCUT2D eigenvalue weighted by Gasteiger charge is 2.15. The van der Waals surface area contributed by atoms with Crippen LogP contribution in [0.25, 0.3) is 0 Å². The van der Waals surface area contributed by atoms with Gasteiger partial charge in [-0.15, -0.1) is 0 Å². The van der Waals surface area contributed by atoms with Crippen molar-refractivity contribution in [3.63, 3.8) is 0 Å². The molecule has 130 valence electrons. The number of aromatic nitrogens is 4. The number of aryl methyl sites for hydroxylation is 2. The van der Waals surface area contributed by atoms with Crippen LogP contribution in [0.3, 0.4) is 0 Å². The topological polar surface area (TPSA) is 64.7 Å². The minimum absolute atomic E-state index is 0.133. The van der Waals surface area contributed by atoms with Crippen LogP contribution >= 0.6 is 11.6 Å². The second-order valence-corrected chi connectivity index (χ2v) is 6.40. The monoisotopic (exact) mass is 357 g/mol. The first-order valence-corrected chi connectivity index (χ1v) is 8.39. The van der Waals surface area contributed by atoms with Crippen molar-refractivity contribution in [2.24, 2.45) is 0 Å². The van der Waals surface area contributed by atoms with E-state index in [1.807, 2.05) is 55.8 Å². The predicted octanol–water partition coefficient (Wildman–Crippen LogP) is 3.35. The SMILES string of the molecule is Cc1ccn(CC(=O)Nc2c(C)nn(Cc3ccccc3Cl)c2C)n1. The third kappa shape index (κ3) is 3.91. The van der Waals surface area contributed by atoms with Crippen LogP contribution in [0, 0.1) is 20.8 Å². The van der Waals surface area contributed by atoms with Gasteiger partial charge in [-0.25, -0.2) is 0 Å². The summed E-state index contributed by atoms with van der Waals surface area (Å²) in [5.74, 6) is -0.133. The molecule has 0 spiro atoms. The molecule has 0 saturated heterocycles. The molecule has 0 bridgehead atoms. The maximum Gasteiger partial charge on any atom is 0.246 e. The maximum absolute atomic E-state index is 12.3. The largest absolute Gasteiger partial charge is 0.321 e. The van der Waals surface area contributed by atoms with Gasteiger partial charge < -0.3 is 5.32 Å². The minimum Gasteiger partial charge on any atom is -0.321 e. The van der Waals surface area contributed by atoms with E-state index in [0.29, 0.717) is 11.6 Å². The summed E-state index contributed by atoms with van der Waals surface area (Å²) in [5.41, 5.74) is 4.27. The molecule has 0 aliphatic rings. The van der Waals surface area contributed by atoms with Crippen LogP contribution in [0.2, 0.25) is 5.02 Å². The number of nitrogens with zero attached hydrogens (tertiary/aromatic N) is 4. The Morgan fingerprint density at radius 3 is 2.60 bits per heavy atom.